The molecule has 4 nitrogen and oxygen atoms in total. The summed E-state index contributed by atoms with van der Waals surface area (Å²) in [6.07, 6.45) is 0. The van der Waals surface area contributed by atoms with Gasteiger partial charge in [-0.2, -0.15) is 0 Å². The molecule has 2 aromatic rings. The molecule has 0 bridgehead atoms. The molecule has 1 aromatic heterocycles. The Hall–Kier alpha value is -1.88. The van der Waals surface area contributed by atoms with Crippen LogP contribution in [0.1, 0.15) is 26.5 Å². The Bertz CT molecular complexity index is 586. The van der Waals surface area contributed by atoms with Gasteiger partial charge in [0.2, 0.25) is 0 Å². The first-order valence-electron chi connectivity index (χ1n) is 5.52. The van der Waals surface area contributed by atoms with Crippen LogP contribution in [0.5, 0.6) is 0 Å². The summed E-state index contributed by atoms with van der Waals surface area (Å²) in [7, 11) is 0. The summed E-state index contributed by atoms with van der Waals surface area (Å²) >= 11 is 1.56. The van der Waals surface area contributed by atoms with E-state index in [0.29, 0.717) is 5.56 Å². The summed E-state index contributed by atoms with van der Waals surface area (Å²) in [5.41, 5.74) is 2.80. The third-order valence-electron chi connectivity index (χ3n) is 2.75. The van der Waals surface area contributed by atoms with E-state index in [1.165, 1.54) is 0 Å². The average molecular weight is 262 g/mol. The molecule has 0 amide bonds. The van der Waals surface area contributed by atoms with Crippen LogP contribution >= 0.6 is 11.3 Å². The van der Waals surface area contributed by atoms with E-state index >= 15 is 0 Å². The minimum Gasteiger partial charge on any atom is -0.478 e. The van der Waals surface area contributed by atoms with Crippen molar-refractivity contribution in [1.82, 2.24) is 4.98 Å². The van der Waals surface area contributed by atoms with Gasteiger partial charge in [-0.05, 0) is 38.5 Å². The van der Waals surface area contributed by atoms with E-state index in [0.717, 1.165) is 27.0 Å². The maximum absolute atomic E-state index is 11.0. The topological polar surface area (TPSA) is 62.2 Å². The second-order valence-corrected chi connectivity index (χ2v) is 5.32. The van der Waals surface area contributed by atoms with Gasteiger partial charge in [0.25, 0.3) is 0 Å². The predicted molar refractivity (Wildman–Crippen MR) is 73.0 cm³/mol. The fourth-order valence-corrected chi connectivity index (χ4v) is 2.41. The van der Waals surface area contributed by atoms with Crippen LogP contribution in [-0.4, -0.2) is 16.1 Å². The van der Waals surface area contributed by atoms with Crippen LogP contribution in [-0.2, 0) is 0 Å². The van der Waals surface area contributed by atoms with Crippen molar-refractivity contribution in [2.45, 2.75) is 20.8 Å². The normalized spacial score (nSPS) is 10.4. The lowest BCUT2D eigenvalue weighted by atomic mass is 10.1. The van der Waals surface area contributed by atoms with Gasteiger partial charge in [-0.1, -0.05) is 6.07 Å². The highest BCUT2D eigenvalue weighted by molar-refractivity contribution is 7.15. The van der Waals surface area contributed by atoms with Gasteiger partial charge in [-0.15, -0.1) is 11.3 Å². The first-order chi connectivity index (χ1) is 8.47. The van der Waals surface area contributed by atoms with Crippen molar-refractivity contribution in [2.75, 3.05) is 5.32 Å². The van der Waals surface area contributed by atoms with E-state index in [1.54, 1.807) is 30.4 Å². The molecule has 0 radical (unpaired) electrons. The number of carbonyl (C=O) groups is 1. The number of nitrogens with zero attached hydrogens (tertiary/aromatic N) is 1. The zero-order valence-electron chi connectivity index (χ0n) is 10.4. The highest BCUT2D eigenvalue weighted by Crippen LogP contribution is 2.25. The molecule has 0 spiro atoms. The molecule has 1 aromatic carbocycles. The molecule has 0 aliphatic rings. The second-order valence-electron chi connectivity index (χ2n) is 4.12. The molecule has 0 unspecified atom stereocenters. The van der Waals surface area contributed by atoms with E-state index in [-0.39, 0.29) is 0 Å². The first kappa shape index (κ1) is 12.6. The third kappa shape index (κ3) is 2.51. The first-order valence-corrected chi connectivity index (χ1v) is 6.34. The number of rotatable bonds is 3. The maximum atomic E-state index is 11.0. The molecular formula is C13H14N2O2S. The monoisotopic (exact) mass is 262 g/mol. The summed E-state index contributed by atoms with van der Waals surface area (Å²) in [6, 6.07) is 5.27. The van der Waals surface area contributed by atoms with Crippen LogP contribution in [0.4, 0.5) is 10.8 Å². The quantitative estimate of drug-likeness (QED) is 0.888. The molecule has 18 heavy (non-hydrogen) atoms. The van der Waals surface area contributed by atoms with Crippen LogP contribution in [0.2, 0.25) is 0 Å². The number of aromatic nitrogens is 1. The summed E-state index contributed by atoms with van der Waals surface area (Å²) in [5, 5.41) is 13.0. The number of anilines is 2. The fourth-order valence-electron chi connectivity index (χ4n) is 1.58. The van der Waals surface area contributed by atoms with Crippen LogP contribution < -0.4 is 5.32 Å². The molecular weight excluding hydrogens is 248 g/mol. The number of carboxylic acids is 1. The van der Waals surface area contributed by atoms with Gasteiger partial charge in [-0.3, -0.25) is 0 Å². The Morgan fingerprint density at radius 3 is 2.61 bits per heavy atom. The van der Waals surface area contributed by atoms with Crippen molar-refractivity contribution in [2.24, 2.45) is 0 Å². The predicted octanol–water partition coefficient (Wildman–Crippen LogP) is 3.51. The maximum Gasteiger partial charge on any atom is 0.336 e. The zero-order chi connectivity index (χ0) is 13.3. The SMILES string of the molecule is Cc1ccc(Nc2nc(C)c(C)s2)cc1C(=O)O. The van der Waals surface area contributed by atoms with Gasteiger partial charge in [-0.25, -0.2) is 9.78 Å². The highest BCUT2D eigenvalue weighted by atomic mass is 32.1. The smallest absolute Gasteiger partial charge is 0.336 e. The largest absolute Gasteiger partial charge is 0.478 e. The number of aryl methyl sites for hydroxylation is 3. The van der Waals surface area contributed by atoms with E-state index < -0.39 is 5.97 Å². The lowest BCUT2D eigenvalue weighted by molar-refractivity contribution is 0.0696. The lowest BCUT2D eigenvalue weighted by Gasteiger charge is -2.06. The molecule has 0 aliphatic heterocycles. The van der Waals surface area contributed by atoms with Gasteiger partial charge in [0.1, 0.15) is 0 Å². The van der Waals surface area contributed by atoms with Crippen molar-refractivity contribution in [1.29, 1.82) is 0 Å². The molecule has 2 rings (SSSR count). The number of carboxylic acid groups (broad SMARTS) is 1. The number of hydrogen-bond donors (Lipinski definition) is 2. The summed E-state index contributed by atoms with van der Waals surface area (Å²) in [6.45, 7) is 5.75. The Labute approximate surface area is 109 Å². The van der Waals surface area contributed by atoms with Gasteiger partial charge in [0, 0.05) is 10.6 Å². The number of benzene rings is 1. The van der Waals surface area contributed by atoms with Crippen LogP contribution in [0.25, 0.3) is 0 Å². The molecule has 94 valence electrons. The average Bonchev–Trinajstić information content (AvgIpc) is 2.60. The molecule has 0 fully saturated rings. The van der Waals surface area contributed by atoms with Gasteiger partial charge in [0.15, 0.2) is 5.13 Å². The summed E-state index contributed by atoms with van der Waals surface area (Å²) < 4.78 is 0. The Kier molecular flexibility index (Phi) is 3.34. The minimum absolute atomic E-state index is 0.310. The van der Waals surface area contributed by atoms with Crippen LogP contribution in [0, 0.1) is 20.8 Å². The number of hydrogen-bond acceptors (Lipinski definition) is 4. The van der Waals surface area contributed by atoms with E-state index in [4.69, 9.17) is 5.11 Å². The number of nitrogens with one attached hydrogen (secondary N) is 1. The molecule has 5 heteroatoms. The molecule has 2 N–H and O–H groups in total. The third-order valence-corrected chi connectivity index (χ3v) is 3.74. The van der Waals surface area contributed by atoms with Crippen molar-refractivity contribution >= 4 is 28.1 Å². The van der Waals surface area contributed by atoms with E-state index in [2.05, 4.69) is 10.3 Å². The standard InChI is InChI=1S/C13H14N2O2S/c1-7-4-5-10(6-11(7)12(16)17)15-13-14-8(2)9(3)18-13/h4-6H,1-3H3,(H,14,15)(H,16,17). The fraction of sp³-hybridized carbons (Fsp3) is 0.231. The van der Waals surface area contributed by atoms with Gasteiger partial charge >= 0.3 is 5.97 Å². The van der Waals surface area contributed by atoms with Crippen molar-refractivity contribution in [3.05, 3.63) is 39.9 Å². The molecule has 0 saturated carbocycles. The van der Waals surface area contributed by atoms with Crippen LogP contribution in [0.15, 0.2) is 18.2 Å². The molecule has 1 heterocycles. The Morgan fingerprint density at radius 1 is 1.33 bits per heavy atom. The van der Waals surface area contributed by atoms with Gasteiger partial charge in [0.05, 0.1) is 11.3 Å². The van der Waals surface area contributed by atoms with Crippen molar-refractivity contribution in [3.8, 4) is 0 Å². The highest BCUT2D eigenvalue weighted by Gasteiger charge is 2.09. The van der Waals surface area contributed by atoms with Crippen LogP contribution in [0.3, 0.4) is 0 Å². The van der Waals surface area contributed by atoms with Crippen molar-refractivity contribution < 1.29 is 9.90 Å². The Morgan fingerprint density at radius 2 is 2.06 bits per heavy atom. The van der Waals surface area contributed by atoms with Crippen molar-refractivity contribution in [3.63, 3.8) is 0 Å². The molecule has 0 saturated heterocycles. The Balaban J connectivity index is 2.29. The number of aromatic carboxylic acids is 1. The van der Waals surface area contributed by atoms with E-state index in [1.807, 2.05) is 19.9 Å². The molecule has 0 atom stereocenters. The summed E-state index contributed by atoms with van der Waals surface area (Å²) in [5.74, 6) is -0.914. The lowest BCUT2D eigenvalue weighted by Crippen LogP contribution is -2.01. The second kappa shape index (κ2) is 4.78. The van der Waals surface area contributed by atoms with E-state index in [9.17, 15) is 4.79 Å². The zero-order valence-corrected chi connectivity index (χ0v) is 11.3. The number of thiazole rings is 1. The summed E-state index contributed by atoms with van der Waals surface area (Å²) in [4.78, 5) is 16.6. The minimum atomic E-state index is -0.914. The van der Waals surface area contributed by atoms with Gasteiger partial charge < -0.3 is 10.4 Å². The molecule has 0 aliphatic carbocycles.